The van der Waals surface area contributed by atoms with Crippen LogP contribution in [0.15, 0.2) is 42.6 Å². The second kappa shape index (κ2) is 8.34. The van der Waals surface area contributed by atoms with Crippen LogP contribution in [0.25, 0.3) is 0 Å². The molecule has 0 aliphatic carbocycles. The van der Waals surface area contributed by atoms with Gasteiger partial charge in [0.25, 0.3) is 0 Å². The summed E-state index contributed by atoms with van der Waals surface area (Å²) in [4.78, 5) is 6.83. The molecule has 1 aliphatic rings. The number of likely N-dealkylation sites (tertiary alicyclic amines) is 1. The van der Waals surface area contributed by atoms with Crippen molar-refractivity contribution < 1.29 is 8.78 Å². The van der Waals surface area contributed by atoms with Crippen LogP contribution in [0, 0.1) is 17.6 Å². The molecule has 1 saturated heterocycles. The largest absolute Gasteiger partial charge is 0.303 e. The first-order valence-electron chi connectivity index (χ1n) is 8.77. The van der Waals surface area contributed by atoms with Crippen LogP contribution >= 0.6 is 0 Å². The molecule has 1 fully saturated rings. The van der Waals surface area contributed by atoms with Gasteiger partial charge in [0.05, 0.1) is 0 Å². The molecule has 1 aromatic heterocycles. The molecule has 2 aromatic rings. The molecule has 0 bridgehead atoms. The smallest absolute Gasteiger partial charge is 0.129 e. The number of halogens is 2. The van der Waals surface area contributed by atoms with E-state index >= 15 is 0 Å². The standard InChI is InChI=1S/C20H24F2N2/c21-19-7-3-8-20(22)18(19)10-9-16-5-4-13-24(15-16)14-11-17-6-1-2-12-23-17/h1-3,6-8,12,16H,4-5,9-11,13-15H2/t16-/m0/s1. The van der Waals surface area contributed by atoms with Crippen LogP contribution in [0.4, 0.5) is 8.78 Å². The summed E-state index contributed by atoms with van der Waals surface area (Å²) in [6.45, 7) is 3.13. The summed E-state index contributed by atoms with van der Waals surface area (Å²) in [5.41, 5.74) is 1.36. The number of benzene rings is 1. The van der Waals surface area contributed by atoms with Gasteiger partial charge in [-0.2, -0.15) is 0 Å². The molecule has 0 amide bonds. The van der Waals surface area contributed by atoms with Gasteiger partial charge in [0.1, 0.15) is 11.6 Å². The van der Waals surface area contributed by atoms with Crippen molar-refractivity contribution in [2.24, 2.45) is 5.92 Å². The molecule has 0 N–H and O–H groups in total. The Bertz CT molecular complexity index is 625. The van der Waals surface area contributed by atoms with E-state index in [4.69, 9.17) is 0 Å². The van der Waals surface area contributed by atoms with Crippen LogP contribution in [0.5, 0.6) is 0 Å². The number of hydrogen-bond acceptors (Lipinski definition) is 2. The molecule has 1 aliphatic heterocycles. The lowest BCUT2D eigenvalue weighted by Crippen LogP contribution is -2.37. The predicted molar refractivity (Wildman–Crippen MR) is 91.8 cm³/mol. The molecule has 0 spiro atoms. The average Bonchev–Trinajstić information content (AvgIpc) is 2.61. The molecule has 24 heavy (non-hydrogen) atoms. The van der Waals surface area contributed by atoms with Crippen molar-refractivity contribution in [3.63, 3.8) is 0 Å². The zero-order valence-electron chi connectivity index (χ0n) is 13.9. The quantitative estimate of drug-likeness (QED) is 0.787. The Kier molecular flexibility index (Phi) is 5.91. The van der Waals surface area contributed by atoms with Gasteiger partial charge in [-0.25, -0.2) is 8.78 Å². The summed E-state index contributed by atoms with van der Waals surface area (Å²) in [6.07, 6.45) is 6.42. The van der Waals surface area contributed by atoms with E-state index < -0.39 is 11.6 Å². The fourth-order valence-corrected chi connectivity index (χ4v) is 3.53. The van der Waals surface area contributed by atoms with Crippen molar-refractivity contribution in [1.82, 2.24) is 9.88 Å². The van der Waals surface area contributed by atoms with E-state index in [1.807, 2.05) is 18.3 Å². The number of nitrogens with zero attached hydrogens (tertiary/aromatic N) is 2. The molecule has 2 nitrogen and oxygen atoms in total. The Morgan fingerprint density at radius 3 is 2.62 bits per heavy atom. The average molecular weight is 330 g/mol. The molecule has 0 radical (unpaired) electrons. The molecule has 4 heteroatoms. The predicted octanol–water partition coefficient (Wildman–Crippen LogP) is 4.25. The van der Waals surface area contributed by atoms with Crippen molar-refractivity contribution in [3.05, 3.63) is 65.5 Å². The zero-order chi connectivity index (χ0) is 16.8. The number of hydrogen-bond donors (Lipinski definition) is 0. The highest BCUT2D eigenvalue weighted by atomic mass is 19.1. The van der Waals surface area contributed by atoms with Crippen molar-refractivity contribution >= 4 is 0 Å². The van der Waals surface area contributed by atoms with Crippen LogP contribution in [0.2, 0.25) is 0 Å². The minimum absolute atomic E-state index is 0.239. The highest BCUT2D eigenvalue weighted by Crippen LogP contribution is 2.23. The van der Waals surface area contributed by atoms with Gasteiger partial charge in [-0.3, -0.25) is 4.98 Å². The van der Waals surface area contributed by atoms with Gasteiger partial charge in [0.15, 0.2) is 0 Å². The van der Waals surface area contributed by atoms with Gasteiger partial charge in [-0.05, 0) is 62.4 Å². The second-order valence-corrected chi connectivity index (χ2v) is 6.62. The lowest BCUT2D eigenvalue weighted by atomic mass is 9.91. The zero-order valence-corrected chi connectivity index (χ0v) is 13.9. The molecule has 1 aromatic carbocycles. The number of pyridine rings is 1. The summed E-state index contributed by atoms with van der Waals surface area (Å²) in [5, 5.41) is 0. The van der Waals surface area contributed by atoms with Gasteiger partial charge in [0, 0.05) is 37.0 Å². The van der Waals surface area contributed by atoms with Crippen LogP contribution in [-0.2, 0) is 12.8 Å². The first-order chi connectivity index (χ1) is 11.7. The Labute approximate surface area is 142 Å². The maximum atomic E-state index is 13.7. The van der Waals surface area contributed by atoms with Gasteiger partial charge < -0.3 is 4.90 Å². The molecular weight excluding hydrogens is 306 g/mol. The van der Waals surface area contributed by atoms with Crippen LogP contribution in [0.1, 0.15) is 30.5 Å². The van der Waals surface area contributed by atoms with Crippen molar-refractivity contribution in [1.29, 1.82) is 0 Å². The van der Waals surface area contributed by atoms with Gasteiger partial charge in [-0.15, -0.1) is 0 Å². The molecule has 0 saturated carbocycles. The minimum atomic E-state index is -0.419. The fraction of sp³-hybridized carbons (Fsp3) is 0.450. The van der Waals surface area contributed by atoms with E-state index in [-0.39, 0.29) is 5.56 Å². The van der Waals surface area contributed by atoms with E-state index in [0.29, 0.717) is 12.3 Å². The molecule has 1 atom stereocenters. The Morgan fingerprint density at radius 2 is 1.88 bits per heavy atom. The first kappa shape index (κ1) is 17.0. The third-order valence-electron chi connectivity index (χ3n) is 4.88. The van der Waals surface area contributed by atoms with Gasteiger partial charge in [-0.1, -0.05) is 12.1 Å². The van der Waals surface area contributed by atoms with Crippen molar-refractivity contribution in [2.45, 2.75) is 32.1 Å². The second-order valence-electron chi connectivity index (χ2n) is 6.62. The lowest BCUT2D eigenvalue weighted by Gasteiger charge is -2.32. The van der Waals surface area contributed by atoms with E-state index in [1.54, 1.807) is 0 Å². The normalized spacial score (nSPS) is 18.7. The number of piperidine rings is 1. The molecular formula is C20H24F2N2. The minimum Gasteiger partial charge on any atom is -0.303 e. The van der Waals surface area contributed by atoms with Gasteiger partial charge >= 0.3 is 0 Å². The molecule has 0 unspecified atom stereocenters. The molecule has 3 rings (SSSR count). The molecule has 128 valence electrons. The highest BCUT2D eigenvalue weighted by Gasteiger charge is 2.20. The van der Waals surface area contributed by atoms with E-state index in [9.17, 15) is 8.78 Å². The Hall–Kier alpha value is -1.81. The van der Waals surface area contributed by atoms with Crippen LogP contribution in [0.3, 0.4) is 0 Å². The van der Waals surface area contributed by atoms with Crippen molar-refractivity contribution in [3.8, 4) is 0 Å². The Morgan fingerprint density at radius 1 is 1.04 bits per heavy atom. The van der Waals surface area contributed by atoms with Crippen LogP contribution in [-0.4, -0.2) is 29.5 Å². The lowest BCUT2D eigenvalue weighted by molar-refractivity contribution is 0.170. The number of rotatable bonds is 6. The van der Waals surface area contributed by atoms with E-state index in [1.165, 1.54) is 18.2 Å². The summed E-state index contributed by atoms with van der Waals surface area (Å²) >= 11 is 0. The monoisotopic (exact) mass is 330 g/mol. The first-order valence-corrected chi connectivity index (χ1v) is 8.77. The number of aromatic nitrogens is 1. The SMILES string of the molecule is Fc1cccc(F)c1CC[C@@H]1CCCN(CCc2ccccn2)C1. The maximum absolute atomic E-state index is 13.7. The summed E-state index contributed by atoms with van der Waals surface area (Å²) < 4.78 is 27.5. The maximum Gasteiger partial charge on any atom is 0.129 e. The van der Waals surface area contributed by atoms with Gasteiger partial charge in [0.2, 0.25) is 0 Å². The summed E-state index contributed by atoms with van der Waals surface area (Å²) in [7, 11) is 0. The highest BCUT2D eigenvalue weighted by molar-refractivity contribution is 5.19. The van der Waals surface area contributed by atoms with E-state index in [2.05, 4.69) is 16.0 Å². The van der Waals surface area contributed by atoms with E-state index in [0.717, 1.165) is 51.0 Å². The molecule has 2 heterocycles. The third kappa shape index (κ3) is 4.60. The third-order valence-corrected chi connectivity index (χ3v) is 4.88. The van der Waals surface area contributed by atoms with Crippen molar-refractivity contribution in [2.75, 3.05) is 19.6 Å². The van der Waals surface area contributed by atoms with Crippen LogP contribution < -0.4 is 0 Å². The Balaban J connectivity index is 1.49. The summed E-state index contributed by atoms with van der Waals surface area (Å²) in [5.74, 6) is -0.322. The topological polar surface area (TPSA) is 16.1 Å². The fourth-order valence-electron chi connectivity index (χ4n) is 3.53. The summed E-state index contributed by atoms with van der Waals surface area (Å²) in [6, 6.07) is 10.1.